The number of hydrogen-bond donors (Lipinski definition) is 0. The first kappa shape index (κ1) is 24.2. The van der Waals surface area contributed by atoms with E-state index in [0.29, 0.717) is 0 Å². The van der Waals surface area contributed by atoms with E-state index in [0.717, 1.165) is 61.1 Å². The predicted molar refractivity (Wildman–Crippen MR) is 174 cm³/mol. The number of aromatic nitrogens is 3. The van der Waals surface area contributed by atoms with Gasteiger partial charge in [0.05, 0.1) is 22.4 Å². The Kier molecular flexibility index (Phi) is 5.79. The molecule has 0 saturated heterocycles. The number of rotatable bonds is 4. The minimum atomic E-state index is 0.719. The number of fused-ring (bicyclic) bond motifs is 4. The van der Waals surface area contributed by atoms with Crippen molar-refractivity contribution in [3.63, 3.8) is 0 Å². The fraction of sp³-hybridized carbons (Fsp3) is 0. The first-order valence-corrected chi connectivity index (χ1v) is 14.1. The lowest BCUT2D eigenvalue weighted by molar-refractivity contribution is 1.23. The van der Waals surface area contributed by atoms with Crippen molar-refractivity contribution in [1.29, 1.82) is 0 Å². The van der Waals surface area contributed by atoms with Crippen LogP contribution in [0.25, 0.3) is 77.6 Å². The molecule has 0 spiro atoms. The molecule has 0 saturated carbocycles. The van der Waals surface area contributed by atoms with Crippen molar-refractivity contribution in [2.75, 3.05) is 0 Å². The maximum atomic E-state index is 5.24. The Morgan fingerprint density at radius 1 is 0.333 bits per heavy atom. The van der Waals surface area contributed by atoms with Crippen LogP contribution < -0.4 is 0 Å². The van der Waals surface area contributed by atoms with Crippen molar-refractivity contribution in [3.05, 3.63) is 152 Å². The van der Waals surface area contributed by atoms with Crippen LogP contribution in [-0.4, -0.2) is 15.0 Å². The van der Waals surface area contributed by atoms with Crippen molar-refractivity contribution >= 4 is 32.6 Å². The second kappa shape index (κ2) is 10.1. The Balaban J connectivity index is 1.45. The molecule has 0 aliphatic carbocycles. The molecule has 0 radical (unpaired) electrons. The van der Waals surface area contributed by atoms with Crippen LogP contribution in [0.15, 0.2) is 152 Å². The van der Waals surface area contributed by atoms with Crippen LogP contribution in [0.2, 0.25) is 0 Å². The topological polar surface area (TPSA) is 38.7 Å². The molecule has 42 heavy (non-hydrogen) atoms. The van der Waals surface area contributed by atoms with Crippen molar-refractivity contribution in [1.82, 2.24) is 15.0 Å². The first-order chi connectivity index (χ1) is 20.8. The third kappa shape index (κ3) is 4.11. The van der Waals surface area contributed by atoms with Crippen LogP contribution in [0.5, 0.6) is 0 Å². The monoisotopic (exact) mass is 535 g/mol. The van der Waals surface area contributed by atoms with Gasteiger partial charge in [-0.2, -0.15) is 0 Å². The molecule has 3 heteroatoms. The molecule has 3 nitrogen and oxygen atoms in total. The Bertz CT molecular complexity index is 2230. The SMILES string of the molecule is c1ccc(-c2nc(-c3ccc4nc(-c5ccccc5)c5cccc(-c6ccccc6)c5c4c3)c3ccccc3n2)cc1. The highest BCUT2D eigenvalue weighted by Gasteiger charge is 2.17. The van der Waals surface area contributed by atoms with Crippen LogP contribution in [0.3, 0.4) is 0 Å². The number of benzene rings is 6. The quantitative estimate of drug-likeness (QED) is 0.211. The molecule has 2 heterocycles. The van der Waals surface area contributed by atoms with E-state index in [1.807, 2.05) is 30.3 Å². The smallest absolute Gasteiger partial charge is 0.160 e. The second-order valence-corrected chi connectivity index (χ2v) is 10.4. The van der Waals surface area contributed by atoms with Gasteiger partial charge in [-0.3, -0.25) is 0 Å². The maximum absolute atomic E-state index is 5.24. The largest absolute Gasteiger partial charge is 0.247 e. The fourth-order valence-electron chi connectivity index (χ4n) is 5.89. The van der Waals surface area contributed by atoms with E-state index in [2.05, 4.69) is 121 Å². The van der Waals surface area contributed by atoms with E-state index in [-0.39, 0.29) is 0 Å². The number of para-hydroxylation sites is 1. The standard InChI is InChI=1S/C39H25N3/c1-4-13-26(14-5-1)30-20-12-21-32-36(30)33-25-29(23-24-35(33)40-37(32)27-15-6-2-7-16-27)38-31-19-10-11-22-34(31)41-39(42-38)28-17-8-3-9-18-28/h1-25H. The number of hydrogen-bond acceptors (Lipinski definition) is 3. The van der Waals surface area contributed by atoms with Crippen LogP contribution in [0, 0.1) is 0 Å². The van der Waals surface area contributed by atoms with Gasteiger partial charge in [0, 0.05) is 38.2 Å². The summed E-state index contributed by atoms with van der Waals surface area (Å²) in [6.45, 7) is 0. The van der Waals surface area contributed by atoms with Gasteiger partial charge in [0.15, 0.2) is 5.82 Å². The van der Waals surface area contributed by atoms with Gasteiger partial charge in [-0.15, -0.1) is 0 Å². The molecule has 0 aliphatic heterocycles. The number of pyridine rings is 1. The average Bonchev–Trinajstić information content (AvgIpc) is 3.08. The van der Waals surface area contributed by atoms with Gasteiger partial charge in [0.1, 0.15) is 0 Å². The molecule has 6 aromatic carbocycles. The minimum Gasteiger partial charge on any atom is -0.247 e. The molecule has 0 atom stereocenters. The Morgan fingerprint density at radius 2 is 0.929 bits per heavy atom. The highest BCUT2D eigenvalue weighted by molar-refractivity contribution is 6.18. The van der Waals surface area contributed by atoms with Crippen molar-refractivity contribution in [2.24, 2.45) is 0 Å². The molecule has 0 N–H and O–H groups in total. The summed E-state index contributed by atoms with van der Waals surface area (Å²) in [5, 5.41) is 4.45. The normalized spacial score (nSPS) is 11.3. The Labute approximate surface area is 243 Å². The zero-order valence-electron chi connectivity index (χ0n) is 22.8. The van der Waals surface area contributed by atoms with E-state index in [9.17, 15) is 0 Å². The molecule has 196 valence electrons. The zero-order valence-corrected chi connectivity index (χ0v) is 22.8. The third-order valence-electron chi connectivity index (χ3n) is 7.86. The summed E-state index contributed by atoms with van der Waals surface area (Å²) >= 11 is 0. The fourth-order valence-corrected chi connectivity index (χ4v) is 5.89. The zero-order chi connectivity index (χ0) is 27.9. The lowest BCUT2D eigenvalue weighted by Crippen LogP contribution is -1.96. The first-order valence-electron chi connectivity index (χ1n) is 14.1. The van der Waals surface area contributed by atoms with Crippen LogP contribution in [0.1, 0.15) is 0 Å². The van der Waals surface area contributed by atoms with Crippen molar-refractivity contribution in [3.8, 4) is 45.0 Å². The van der Waals surface area contributed by atoms with Crippen LogP contribution >= 0.6 is 0 Å². The molecule has 0 aliphatic rings. The average molecular weight is 536 g/mol. The molecule has 2 aromatic heterocycles. The second-order valence-electron chi connectivity index (χ2n) is 10.4. The van der Waals surface area contributed by atoms with Gasteiger partial charge >= 0.3 is 0 Å². The predicted octanol–water partition coefficient (Wildman–Crippen LogP) is 10.00. The summed E-state index contributed by atoms with van der Waals surface area (Å²) in [7, 11) is 0. The van der Waals surface area contributed by atoms with Gasteiger partial charge in [0.25, 0.3) is 0 Å². The highest BCUT2D eigenvalue weighted by atomic mass is 14.9. The van der Waals surface area contributed by atoms with Gasteiger partial charge in [-0.25, -0.2) is 15.0 Å². The summed E-state index contributed by atoms with van der Waals surface area (Å²) in [6.07, 6.45) is 0. The molecular weight excluding hydrogens is 510 g/mol. The van der Waals surface area contributed by atoms with Gasteiger partial charge < -0.3 is 0 Å². The third-order valence-corrected chi connectivity index (χ3v) is 7.86. The molecule has 8 aromatic rings. The van der Waals surface area contributed by atoms with E-state index in [1.165, 1.54) is 16.5 Å². The Hall–Kier alpha value is -5.67. The van der Waals surface area contributed by atoms with E-state index < -0.39 is 0 Å². The van der Waals surface area contributed by atoms with E-state index in [4.69, 9.17) is 15.0 Å². The summed E-state index contributed by atoms with van der Waals surface area (Å²) in [5.41, 5.74) is 9.29. The van der Waals surface area contributed by atoms with Gasteiger partial charge in [0.2, 0.25) is 0 Å². The molecule has 0 fully saturated rings. The van der Waals surface area contributed by atoms with Gasteiger partial charge in [-0.05, 0) is 29.3 Å². The summed E-state index contributed by atoms with van der Waals surface area (Å²) in [4.78, 5) is 15.3. The maximum Gasteiger partial charge on any atom is 0.160 e. The molecule has 8 rings (SSSR count). The molecule has 0 bridgehead atoms. The van der Waals surface area contributed by atoms with E-state index >= 15 is 0 Å². The van der Waals surface area contributed by atoms with Crippen LogP contribution in [0.4, 0.5) is 0 Å². The van der Waals surface area contributed by atoms with Crippen LogP contribution in [-0.2, 0) is 0 Å². The molecule has 0 unspecified atom stereocenters. The van der Waals surface area contributed by atoms with Gasteiger partial charge in [-0.1, -0.05) is 133 Å². The summed E-state index contributed by atoms with van der Waals surface area (Å²) < 4.78 is 0. The minimum absolute atomic E-state index is 0.719. The van der Waals surface area contributed by atoms with E-state index in [1.54, 1.807) is 0 Å². The number of nitrogens with zero attached hydrogens (tertiary/aromatic N) is 3. The highest BCUT2D eigenvalue weighted by Crippen LogP contribution is 2.40. The van der Waals surface area contributed by atoms with Crippen molar-refractivity contribution in [2.45, 2.75) is 0 Å². The molecular formula is C39H25N3. The molecule has 0 amide bonds. The lowest BCUT2D eigenvalue weighted by atomic mass is 9.92. The summed E-state index contributed by atoms with van der Waals surface area (Å²) in [6, 6.07) is 52.6. The summed E-state index contributed by atoms with van der Waals surface area (Å²) in [5.74, 6) is 0.719. The van der Waals surface area contributed by atoms with Crippen molar-refractivity contribution < 1.29 is 0 Å². The Morgan fingerprint density at radius 3 is 1.69 bits per heavy atom. The lowest BCUT2D eigenvalue weighted by Gasteiger charge is -2.15.